The van der Waals surface area contributed by atoms with Gasteiger partial charge < -0.3 is 18.6 Å². The third-order valence-corrected chi connectivity index (χ3v) is 13.4. The minimum absolute atomic E-state index is 0.257. The van der Waals surface area contributed by atoms with Crippen LogP contribution in [0.4, 0.5) is 34.1 Å². The molecule has 0 atom stereocenters. The number of para-hydroxylation sites is 2. The zero-order valence-electron chi connectivity index (χ0n) is 37.5. The largest absolute Gasteiger partial charge is 0.454 e. The Balaban J connectivity index is 0.938. The Labute approximate surface area is 402 Å². The Morgan fingerprint density at radius 2 is 0.671 bits per heavy atom. The van der Waals surface area contributed by atoms with Gasteiger partial charge in [-0.2, -0.15) is 10.5 Å². The van der Waals surface area contributed by atoms with Crippen molar-refractivity contribution < 1.29 is 8.83 Å². The Kier molecular flexibility index (Phi) is 9.50. The highest BCUT2D eigenvalue weighted by Crippen LogP contribution is 2.46. The molecule has 0 saturated carbocycles. The fourth-order valence-electron chi connectivity index (χ4n) is 10.2. The second-order valence-electron chi connectivity index (χ2n) is 17.5. The molecule has 13 rings (SSSR count). The maximum Gasteiger partial charge on any atom is 0.158 e. The zero-order chi connectivity index (χ0) is 46.7. The highest BCUT2D eigenvalue weighted by atomic mass is 16.3. The average molecular weight is 895 g/mol. The van der Waals surface area contributed by atoms with Crippen molar-refractivity contribution in [2.45, 2.75) is 0 Å². The Morgan fingerprint density at radius 3 is 1.09 bits per heavy atom. The summed E-state index contributed by atoms with van der Waals surface area (Å²) < 4.78 is 13.3. The highest BCUT2D eigenvalue weighted by molar-refractivity contribution is 6.24. The average Bonchev–Trinajstić information content (AvgIpc) is 3.98. The second kappa shape index (κ2) is 16.5. The summed E-state index contributed by atoms with van der Waals surface area (Å²) in [5, 5.41) is 28.5. The molecule has 13 aromatic rings. The summed E-state index contributed by atoms with van der Waals surface area (Å²) in [5.41, 5.74) is 13.1. The molecule has 11 aromatic carbocycles. The van der Waals surface area contributed by atoms with Gasteiger partial charge in [-0.15, -0.1) is 0 Å². The van der Waals surface area contributed by atoms with Crippen molar-refractivity contribution in [1.29, 1.82) is 10.5 Å². The van der Waals surface area contributed by atoms with Gasteiger partial charge in [0.25, 0.3) is 0 Å². The SMILES string of the molecule is N#Cc1c2oc3cc4cc(N(c5ccccc5)c5cccc(-c6ccccc6)c5)ccc4cc3c2c(C#N)c2c1oc1cc3cc(N(c4ccccc4)c4cccc(-c5ccccc5)c4)ccc3cc12. The molecule has 0 bridgehead atoms. The summed E-state index contributed by atoms with van der Waals surface area (Å²) in [6, 6.07) is 84.6. The van der Waals surface area contributed by atoms with E-state index in [2.05, 4.69) is 192 Å². The Hall–Kier alpha value is -9.88. The van der Waals surface area contributed by atoms with Crippen molar-refractivity contribution in [2.24, 2.45) is 0 Å². The smallest absolute Gasteiger partial charge is 0.158 e. The lowest BCUT2D eigenvalue weighted by atomic mass is 9.96. The van der Waals surface area contributed by atoms with Crippen LogP contribution in [-0.4, -0.2) is 0 Å². The molecule has 6 heteroatoms. The van der Waals surface area contributed by atoms with Crippen molar-refractivity contribution in [3.8, 4) is 34.4 Å². The molecule has 0 amide bonds. The number of furan rings is 2. The van der Waals surface area contributed by atoms with E-state index in [1.54, 1.807) is 0 Å². The molecule has 6 nitrogen and oxygen atoms in total. The molecular weight excluding hydrogens is 857 g/mol. The molecule has 0 aliphatic carbocycles. The summed E-state index contributed by atoms with van der Waals surface area (Å²) in [7, 11) is 0. The zero-order valence-corrected chi connectivity index (χ0v) is 37.5. The first-order valence-corrected chi connectivity index (χ1v) is 23.2. The van der Waals surface area contributed by atoms with Crippen LogP contribution in [0.25, 0.3) is 87.7 Å². The Morgan fingerprint density at radius 1 is 0.300 bits per heavy atom. The van der Waals surface area contributed by atoms with Crippen LogP contribution in [0.3, 0.4) is 0 Å². The van der Waals surface area contributed by atoms with Crippen molar-refractivity contribution >= 4 is 99.5 Å². The molecule has 2 heterocycles. The van der Waals surface area contributed by atoms with Gasteiger partial charge >= 0.3 is 0 Å². The molecule has 0 aliphatic heterocycles. The predicted molar refractivity (Wildman–Crippen MR) is 286 cm³/mol. The van der Waals surface area contributed by atoms with E-state index in [0.717, 1.165) is 88.7 Å². The van der Waals surface area contributed by atoms with Crippen LogP contribution >= 0.6 is 0 Å². The van der Waals surface area contributed by atoms with Crippen LogP contribution in [0.15, 0.2) is 239 Å². The molecule has 0 unspecified atom stereocenters. The predicted octanol–water partition coefficient (Wildman–Crippen LogP) is 17.8. The van der Waals surface area contributed by atoms with Crippen molar-refractivity contribution in [3.63, 3.8) is 0 Å². The number of anilines is 6. The first-order chi connectivity index (χ1) is 34.6. The number of fused-ring (bicyclic) bond motifs is 8. The normalized spacial score (nSPS) is 11.4. The van der Waals surface area contributed by atoms with Crippen molar-refractivity contribution in [3.05, 3.63) is 242 Å². The maximum absolute atomic E-state index is 11.1. The molecule has 0 saturated heterocycles. The summed E-state index contributed by atoms with van der Waals surface area (Å²) >= 11 is 0. The fraction of sp³-hybridized carbons (Fsp3) is 0. The van der Waals surface area contributed by atoms with Crippen molar-refractivity contribution in [2.75, 3.05) is 9.80 Å². The second-order valence-corrected chi connectivity index (χ2v) is 17.5. The van der Waals surface area contributed by atoms with E-state index in [1.165, 1.54) is 0 Å². The van der Waals surface area contributed by atoms with Gasteiger partial charge in [-0.05, 0) is 141 Å². The third kappa shape index (κ3) is 6.71. The molecule has 0 aliphatic rings. The number of benzene rings is 11. The molecule has 0 radical (unpaired) electrons. The van der Waals surface area contributed by atoms with E-state index in [9.17, 15) is 10.5 Å². The van der Waals surface area contributed by atoms with E-state index >= 15 is 0 Å². The number of hydrogen-bond acceptors (Lipinski definition) is 6. The summed E-state index contributed by atoms with van der Waals surface area (Å²) in [4.78, 5) is 4.51. The van der Waals surface area contributed by atoms with Gasteiger partial charge in [0.15, 0.2) is 11.2 Å². The molecule has 0 N–H and O–H groups in total. The lowest BCUT2D eigenvalue weighted by Gasteiger charge is -2.26. The van der Waals surface area contributed by atoms with E-state index in [4.69, 9.17) is 8.83 Å². The number of nitriles is 2. The molecule has 0 spiro atoms. The van der Waals surface area contributed by atoms with Crippen molar-refractivity contribution in [1.82, 2.24) is 0 Å². The summed E-state index contributed by atoms with van der Waals surface area (Å²) in [5.74, 6) is 0. The first kappa shape index (κ1) is 40.4. The van der Waals surface area contributed by atoms with E-state index < -0.39 is 0 Å². The van der Waals surface area contributed by atoms with Gasteiger partial charge in [-0.3, -0.25) is 0 Å². The van der Waals surface area contributed by atoms with E-state index in [-0.39, 0.29) is 5.56 Å². The molecule has 0 fully saturated rings. The van der Waals surface area contributed by atoms with Gasteiger partial charge in [-0.1, -0.05) is 133 Å². The lowest BCUT2D eigenvalue weighted by molar-refractivity contribution is 0.654. The Bertz CT molecular complexity index is 4000. The molecule has 326 valence electrons. The van der Waals surface area contributed by atoms with Crippen LogP contribution in [0.1, 0.15) is 11.1 Å². The van der Waals surface area contributed by atoms with Crippen LogP contribution in [-0.2, 0) is 0 Å². The topological polar surface area (TPSA) is 80.3 Å². The van der Waals surface area contributed by atoms with Gasteiger partial charge in [-0.25, -0.2) is 0 Å². The number of hydrogen-bond donors (Lipinski definition) is 0. The summed E-state index contributed by atoms with van der Waals surface area (Å²) in [6.07, 6.45) is 0. The first-order valence-electron chi connectivity index (χ1n) is 23.2. The maximum atomic E-state index is 11.1. The highest BCUT2D eigenvalue weighted by Gasteiger charge is 2.26. The van der Waals surface area contributed by atoms with Gasteiger partial charge in [0.1, 0.15) is 28.9 Å². The van der Waals surface area contributed by atoms with Crippen LogP contribution < -0.4 is 9.80 Å². The van der Waals surface area contributed by atoms with Crippen LogP contribution in [0.2, 0.25) is 0 Å². The third-order valence-electron chi connectivity index (χ3n) is 13.4. The molecule has 2 aromatic heterocycles. The monoisotopic (exact) mass is 894 g/mol. The number of rotatable bonds is 8. The quantitative estimate of drug-likeness (QED) is 0.151. The van der Waals surface area contributed by atoms with Crippen LogP contribution in [0, 0.1) is 22.7 Å². The molecular formula is C64H38N4O2. The van der Waals surface area contributed by atoms with Crippen LogP contribution in [0.5, 0.6) is 0 Å². The molecule has 70 heavy (non-hydrogen) atoms. The van der Waals surface area contributed by atoms with E-state index in [1.807, 2.05) is 60.7 Å². The minimum Gasteiger partial charge on any atom is -0.454 e. The van der Waals surface area contributed by atoms with Gasteiger partial charge in [0.05, 0.1) is 5.56 Å². The number of nitrogens with zero attached hydrogens (tertiary/aromatic N) is 4. The standard InChI is InChI=1S/C64H38N4O2/c65-39-57-61-55-35-45-27-29-53(67(49-21-9-3-10-22-49)51-25-13-19-43(31-51)41-15-5-1-6-16-41)33-47(45)37-59(55)69-63(61)58(40-66)64-62(57)56-36-46-28-30-54(34-48(46)38-60(56)70-64)68(50-23-11-4-12-24-50)52-26-14-20-44(32-52)42-17-7-2-8-18-42/h1-38H. The van der Waals surface area contributed by atoms with Gasteiger partial charge in [0, 0.05) is 55.7 Å². The fourth-order valence-corrected chi connectivity index (χ4v) is 10.2. The lowest BCUT2D eigenvalue weighted by Crippen LogP contribution is -2.09. The van der Waals surface area contributed by atoms with Gasteiger partial charge in [0.2, 0.25) is 0 Å². The van der Waals surface area contributed by atoms with E-state index in [0.29, 0.717) is 38.7 Å². The minimum atomic E-state index is 0.257. The summed E-state index contributed by atoms with van der Waals surface area (Å²) in [6.45, 7) is 0.